The van der Waals surface area contributed by atoms with E-state index in [2.05, 4.69) is 5.32 Å². The molecule has 0 radical (unpaired) electrons. The van der Waals surface area contributed by atoms with Crippen molar-refractivity contribution >= 4 is 18.0 Å². The molecule has 0 aliphatic heterocycles. The van der Waals surface area contributed by atoms with E-state index in [-0.39, 0.29) is 25.0 Å². The number of benzene rings is 2. The summed E-state index contributed by atoms with van der Waals surface area (Å²) >= 11 is 0. The average Bonchev–Trinajstić information content (AvgIpc) is 3.51. The van der Waals surface area contributed by atoms with Crippen molar-refractivity contribution in [1.82, 2.24) is 10.6 Å². The lowest BCUT2D eigenvalue weighted by molar-refractivity contribution is -0.160. The Hall–Kier alpha value is -3.56. The summed E-state index contributed by atoms with van der Waals surface area (Å²) in [5.74, 6) is -3.12. The lowest BCUT2D eigenvalue weighted by atomic mass is 9.98. The Kier molecular flexibility index (Phi) is 6.49. The molecule has 3 N–H and O–H groups in total. The molecule has 34 heavy (non-hydrogen) atoms. The Morgan fingerprint density at radius 2 is 1.62 bits per heavy atom. The lowest BCUT2D eigenvalue weighted by Gasteiger charge is -2.22. The van der Waals surface area contributed by atoms with Crippen molar-refractivity contribution in [2.45, 2.75) is 31.0 Å². The number of carbonyl (C=O) groups is 3. The van der Waals surface area contributed by atoms with Crippen molar-refractivity contribution < 1.29 is 37.4 Å². The molecule has 1 fully saturated rings. The molecule has 180 valence electrons. The molecule has 10 heteroatoms. The summed E-state index contributed by atoms with van der Waals surface area (Å²) in [7, 11) is 0. The highest BCUT2D eigenvalue weighted by molar-refractivity contribution is 5.80. The summed E-state index contributed by atoms with van der Waals surface area (Å²) in [6.07, 6.45) is -6.80. The number of carboxylic acids is 1. The summed E-state index contributed by atoms with van der Waals surface area (Å²) in [5.41, 5.74) is 3.81. The van der Waals surface area contributed by atoms with Gasteiger partial charge in [-0.3, -0.25) is 9.59 Å². The minimum Gasteiger partial charge on any atom is -0.481 e. The van der Waals surface area contributed by atoms with Gasteiger partial charge in [-0.15, -0.1) is 0 Å². The van der Waals surface area contributed by atoms with Gasteiger partial charge in [0.2, 0.25) is 5.91 Å². The van der Waals surface area contributed by atoms with Gasteiger partial charge in [0, 0.05) is 12.5 Å². The van der Waals surface area contributed by atoms with Crippen molar-refractivity contribution in [2.75, 3.05) is 13.2 Å². The Morgan fingerprint density at radius 1 is 1.03 bits per heavy atom. The van der Waals surface area contributed by atoms with Gasteiger partial charge in [-0.05, 0) is 34.6 Å². The molecule has 1 saturated carbocycles. The number of hydrogen-bond acceptors (Lipinski definition) is 4. The number of fused-ring (bicyclic) bond motifs is 3. The van der Waals surface area contributed by atoms with Gasteiger partial charge in [-0.1, -0.05) is 48.5 Å². The summed E-state index contributed by atoms with van der Waals surface area (Å²) in [5, 5.41) is 12.9. The number of hydrogen-bond donors (Lipinski definition) is 3. The van der Waals surface area contributed by atoms with Crippen LogP contribution in [0.15, 0.2) is 48.5 Å². The van der Waals surface area contributed by atoms with Crippen LogP contribution in [-0.4, -0.2) is 48.4 Å². The van der Waals surface area contributed by atoms with Crippen LogP contribution in [0.4, 0.5) is 18.0 Å². The van der Waals surface area contributed by atoms with Gasteiger partial charge in [0.1, 0.15) is 12.6 Å². The van der Waals surface area contributed by atoms with E-state index < -0.39 is 42.5 Å². The van der Waals surface area contributed by atoms with Crippen LogP contribution in [0.25, 0.3) is 11.1 Å². The topological polar surface area (TPSA) is 105 Å². The number of aliphatic carboxylic acids is 1. The smallest absolute Gasteiger partial charge is 0.409 e. The number of carboxylic acid groups (broad SMARTS) is 1. The first kappa shape index (κ1) is 23.6. The maximum Gasteiger partial charge on any atom is 0.409 e. The molecule has 2 aliphatic rings. The second-order valence-corrected chi connectivity index (χ2v) is 8.51. The lowest BCUT2D eigenvalue weighted by Crippen LogP contribution is -2.48. The largest absolute Gasteiger partial charge is 0.481 e. The van der Waals surface area contributed by atoms with E-state index in [0.29, 0.717) is 6.42 Å². The number of rotatable bonds is 8. The van der Waals surface area contributed by atoms with Gasteiger partial charge in [0.05, 0.1) is 12.3 Å². The predicted octanol–water partition coefficient (Wildman–Crippen LogP) is 3.68. The first-order chi connectivity index (χ1) is 16.1. The van der Waals surface area contributed by atoms with Crippen LogP contribution in [0.5, 0.6) is 0 Å². The first-order valence-electron chi connectivity index (χ1n) is 10.8. The van der Waals surface area contributed by atoms with Crippen LogP contribution < -0.4 is 10.6 Å². The monoisotopic (exact) mass is 476 g/mol. The van der Waals surface area contributed by atoms with E-state index in [1.807, 2.05) is 48.5 Å². The second kappa shape index (κ2) is 9.36. The number of carbonyl (C=O) groups excluding carboxylic acids is 2. The minimum absolute atomic E-state index is 0.0225. The number of amides is 2. The molecule has 2 aromatic carbocycles. The van der Waals surface area contributed by atoms with Gasteiger partial charge in [-0.25, -0.2) is 4.79 Å². The summed E-state index contributed by atoms with van der Waals surface area (Å²) in [6.45, 7) is -0.180. The van der Waals surface area contributed by atoms with Crippen LogP contribution in [0.1, 0.15) is 29.9 Å². The van der Waals surface area contributed by atoms with Crippen LogP contribution in [0, 0.1) is 11.8 Å². The van der Waals surface area contributed by atoms with Crippen LogP contribution in [0.3, 0.4) is 0 Å². The Bertz CT molecular complexity index is 1060. The molecule has 0 saturated heterocycles. The van der Waals surface area contributed by atoms with Crippen LogP contribution in [0.2, 0.25) is 0 Å². The molecular weight excluding hydrogens is 453 g/mol. The van der Waals surface area contributed by atoms with E-state index in [0.717, 1.165) is 22.3 Å². The quantitative estimate of drug-likeness (QED) is 0.539. The molecule has 7 nitrogen and oxygen atoms in total. The number of halogens is 3. The molecule has 2 amide bonds. The third kappa shape index (κ3) is 5.16. The highest BCUT2D eigenvalue weighted by atomic mass is 19.4. The molecule has 0 heterocycles. The molecule has 3 unspecified atom stereocenters. The van der Waals surface area contributed by atoms with E-state index in [4.69, 9.17) is 9.84 Å². The third-order valence-electron chi connectivity index (χ3n) is 6.22. The number of nitrogens with one attached hydrogen (secondary N) is 2. The van der Waals surface area contributed by atoms with E-state index >= 15 is 0 Å². The number of alkyl halides is 3. The molecule has 2 aliphatic carbocycles. The summed E-state index contributed by atoms with van der Waals surface area (Å²) in [6, 6.07) is 12.7. The Morgan fingerprint density at radius 3 is 2.15 bits per heavy atom. The first-order valence-corrected chi connectivity index (χ1v) is 10.8. The zero-order valence-electron chi connectivity index (χ0n) is 18.0. The average molecular weight is 476 g/mol. The summed E-state index contributed by atoms with van der Waals surface area (Å²) in [4.78, 5) is 35.0. The van der Waals surface area contributed by atoms with Crippen molar-refractivity contribution in [3.05, 3.63) is 59.7 Å². The third-order valence-corrected chi connectivity index (χ3v) is 6.22. The van der Waals surface area contributed by atoms with E-state index in [1.54, 1.807) is 5.32 Å². The zero-order chi connectivity index (χ0) is 24.5. The van der Waals surface area contributed by atoms with E-state index in [1.165, 1.54) is 0 Å². The molecule has 0 spiro atoms. The molecule has 0 bridgehead atoms. The number of alkyl carbamates (subject to hydrolysis) is 1. The number of ether oxygens (including phenoxy) is 1. The van der Waals surface area contributed by atoms with Crippen molar-refractivity contribution in [1.29, 1.82) is 0 Å². The highest BCUT2D eigenvalue weighted by Crippen LogP contribution is 2.44. The second-order valence-electron chi connectivity index (χ2n) is 8.51. The molecule has 2 aromatic rings. The maximum absolute atomic E-state index is 13.4. The van der Waals surface area contributed by atoms with Gasteiger partial charge < -0.3 is 20.5 Å². The van der Waals surface area contributed by atoms with Crippen molar-refractivity contribution in [2.24, 2.45) is 11.8 Å². The van der Waals surface area contributed by atoms with Crippen LogP contribution >= 0.6 is 0 Å². The zero-order valence-corrected chi connectivity index (χ0v) is 18.0. The molecule has 0 aromatic heterocycles. The van der Waals surface area contributed by atoms with Gasteiger partial charge in [0.15, 0.2) is 0 Å². The van der Waals surface area contributed by atoms with Gasteiger partial charge >= 0.3 is 18.2 Å². The molecule has 3 atom stereocenters. The fraction of sp³-hybridized carbons (Fsp3) is 0.375. The van der Waals surface area contributed by atoms with Crippen LogP contribution in [-0.2, 0) is 14.3 Å². The molecule has 4 rings (SSSR count). The highest BCUT2D eigenvalue weighted by Gasteiger charge is 2.45. The normalized spacial score (nSPS) is 19.5. The molecular formula is C24H23F3N2O5. The van der Waals surface area contributed by atoms with E-state index in [9.17, 15) is 27.6 Å². The predicted molar refractivity (Wildman–Crippen MR) is 115 cm³/mol. The van der Waals surface area contributed by atoms with Crippen molar-refractivity contribution in [3.8, 4) is 11.1 Å². The fourth-order valence-electron chi connectivity index (χ4n) is 4.31. The summed E-state index contributed by atoms with van der Waals surface area (Å²) < 4.78 is 45.4. The van der Waals surface area contributed by atoms with Gasteiger partial charge in [-0.2, -0.15) is 13.2 Å². The minimum atomic E-state index is -4.87. The Labute approximate surface area is 193 Å². The fourth-order valence-corrected chi connectivity index (χ4v) is 4.31. The Balaban J connectivity index is 1.33. The van der Waals surface area contributed by atoms with Crippen molar-refractivity contribution in [3.63, 3.8) is 0 Å². The standard InChI is InChI=1S/C24H23F3N2O5/c25-24(26,27)20(10-21(30)28-11-13-9-18(13)22(31)32)29-23(33)34-12-19-16-7-3-1-5-14(16)15-6-2-4-8-17(15)19/h1-8,13,18-20H,9-12H2,(H,28,30)(H,29,33)(H,31,32). The van der Waals surface area contributed by atoms with Gasteiger partial charge in [0.25, 0.3) is 0 Å². The maximum atomic E-state index is 13.4. The SMILES string of the molecule is O=C(CC(NC(=O)OCC1c2ccccc2-c2ccccc21)C(F)(F)F)NCC1CC1C(=O)O.